The zero-order valence-corrected chi connectivity index (χ0v) is 10.2. The summed E-state index contributed by atoms with van der Waals surface area (Å²) < 4.78 is 5.24. The number of carbonyl (C=O) groups is 1. The van der Waals surface area contributed by atoms with Gasteiger partial charge >= 0.3 is 0 Å². The molecule has 0 fully saturated rings. The Morgan fingerprint density at radius 2 is 1.89 bits per heavy atom. The van der Waals surface area contributed by atoms with Gasteiger partial charge in [0.15, 0.2) is 0 Å². The van der Waals surface area contributed by atoms with Crippen molar-refractivity contribution in [2.24, 2.45) is 0 Å². The van der Waals surface area contributed by atoms with Crippen molar-refractivity contribution >= 4 is 17.3 Å². The van der Waals surface area contributed by atoms with E-state index in [1.807, 2.05) is 24.3 Å². The Hall–Kier alpha value is -2.37. The Kier molecular flexibility index (Phi) is 3.57. The largest absolute Gasteiger partial charge is 0.424 e. The molecule has 2 rings (SSSR count). The lowest BCUT2D eigenvalue weighted by Crippen LogP contribution is -2.05. The van der Waals surface area contributed by atoms with Crippen LogP contribution in [0, 0.1) is 6.92 Å². The fourth-order valence-electron chi connectivity index (χ4n) is 1.46. The molecule has 0 atom stereocenters. The highest BCUT2D eigenvalue weighted by molar-refractivity contribution is 5.88. The zero-order valence-electron chi connectivity index (χ0n) is 10.2. The Morgan fingerprint density at radius 3 is 2.44 bits per heavy atom. The molecule has 1 aromatic heterocycles. The second kappa shape index (κ2) is 5.31. The van der Waals surface area contributed by atoms with E-state index in [0.29, 0.717) is 18.3 Å². The molecule has 1 aromatic carbocycles. The number of anilines is 2. The van der Waals surface area contributed by atoms with Gasteiger partial charge in [-0.2, -0.15) is 0 Å². The number of hydrogen-bond donors (Lipinski definition) is 2. The normalized spacial score (nSPS) is 10.1. The van der Waals surface area contributed by atoms with Gasteiger partial charge in [-0.1, -0.05) is 0 Å². The number of nitrogens with one attached hydrogen (secondary N) is 2. The van der Waals surface area contributed by atoms with Crippen LogP contribution >= 0.6 is 0 Å². The van der Waals surface area contributed by atoms with E-state index < -0.39 is 0 Å². The van der Waals surface area contributed by atoms with Gasteiger partial charge in [0.25, 0.3) is 0 Å². The molecule has 0 aliphatic heterocycles. The number of rotatable bonds is 4. The molecule has 1 amide bonds. The van der Waals surface area contributed by atoms with Crippen LogP contribution in [0.25, 0.3) is 0 Å². The lowest BCUT2D eigenvalue weighted by molar-refractivity contribution is -0.114. The van der Waals surface area contributed by atoms with Gasteiger partial charge in [0, 0.05) is 25.2 Å². The lowest BCUT2D eigenvalue weighted by Gasteiger charge is -2.05. The van der Waals surface area contributed by atoms with E-state index in [0.717, 1.165) is 11.4 Å². The molecule has 6 nitrogen and oxygen atoms in total. The predicted octanol–water partition coefficient (Wildman–Crippen LogP) is 1.95. The average Bonchev–Trinajstić information content (AvgIpc) is 2.74. The quantitative estimate of drug-likeness (QED) is 0.861. The molecule has 0 aliphatic carbocycles. The van der Waals surface area contributed by atoms with Gasteiger partial charge in [-0.25, -0.2) is 0 Å². The molecule has 0 saturated carbocycles. The number of benzene rings is 1. The standard InChI is InChI=1S/C12H14N4O2/c1-8(17)14-11-5-3-10(4-6-11)13-7-12-16-15-9(2)18-12/h3-6,13H,7H2,1-2H3,(H,14,17). The van der Waals surface area contributed by atoms with Crippen molar-refractivity contribution in [3.63, 3.8) is 0 Å². The van der Waals surface area contributed by atoms with Gasteiger partial charge in [0.1, 0.15) is 0 Å². The second-order valence-electron chi connectivity index (χ2n) is 3.83. The summed E-state index contributed by atoms with van der Waals surface area (Å²) in [6, 6.07) is 7.38. The molecule has 0 radical (unpaired) electrons. The Morgan fingerprint density at radius 1 is 1.22 bits per heavy atom. The molecule has 0 bridgehead atoms. The molecular weight excluding hydrogens is 232 g/mol. The molecule has 0 saturated heterocycles. The number of nitrogens with zero attached hydrogens (tertiary/aromatic N) is 2. The van der Waals surface area contributed by atoms with Crippen LogP contribution in [-0.2, 0) is 11.3 Å². The van der Waals surface area contributed by atoms with Crippen LogP contribution in [-0.4, -0.2) is 16.1 Å². The maximum atomic E-state index is 10.9. The van der Waals surface area contributed by atoms with Crippen LogP contribution in [0.2, 0.25) is 0 Å². The molecule has 0 spiro atoms. The van der Waals surface area contributed by atoms with Crippen molar-refractivity contribution in [2.75, 3.05) is 10.6 Å². The molecule has 18 heavy (non-hydrogen) atoms. The Labute approximate surface area is 104 Å². The molecule has 2 aromatic rings. The third-order valence-corrected chi connectivity index (χ3v) is 2.22. The smallest absolute Gasteiger partial charge is 0.235 e. The number of hydrogen-bond acceptors (Lipinski definition) is 5. The monoisotopic (exact) mass is 246 g/mol. The van der Waals surface area contributed by atoms with Gasteiger partial charge in [-0.15, -0.1) is 10.2 Å². The number of aryl methyl sites for hydroxylation is 1. The predicted molar refractivity (Wildman–Crippen MR) is 67.1 cm³/mol. The topological polar surface area (TPSA) is 80.0 Å². The number of carbonyl (C=O) groups excluding carboxylic acids is 1. The minimum Gasteiger partial charge on any atom is -0.424 e. The SMILES string of the molecule is CC(=O)Nc1ccc(NCc2nnc(C)o2)cc1. The summed E-state index contributed by atoms with van der Waals surface area (Å²) in [4.78, 5) is 10.9. The minimum atomic E-state index is -0.0861. The fourth-order valence-corrected chi connectivity index (χ4v) is 1.46. The van der Waals surface area contributed by atoms with Gasteiger partial charge in [0.05, 0.1) is 6.54 Å². The van der Waals surface area contributed by atoms with E-state index in [4.69, 9.17) is 4.42 Å². The van der Waals surface area contributed by atoms with E-state index in [1.165, 1.54) is 6.92 Å². The highest BCUT2D eigenvalue weighted by atomic mass is 16.4. The van der Waals surface area contributed by atoms with E-state index in [9.17, 15) is 4.79 Å². The third-order valence-electron chi connectivity index (χ3n) is 2.22. The fraction of sp³-hybridized carbons (Fsp3) is 0.250. The van der Waals surface area contributed by atoms with Gasteiger partial charge in [-0.3, -0.25) is 4.79 Å². The first-order valence-electron chi connectivity index (χ1n) is 5.54. The van der Waals surface area contributed by atoms with Crippen molar-refractivity contribution in [1.29, 1.82) is 0 Å². The molecule has 1 heterocycles. The van der Waals surface area contributed by atoms with Crippen molar-refractivity contribution in [3.05, 3.63) is 36.0 Å². The molecular formula is C12H14N4O2. The van der Waals surface area contributed by atoms with Crippen molar-refractivity contribution in [2.45, 2.75) is 20.4 Å². The summed E-state index contributed by atoms with van der Waals surface area (Å²) in [6.45, 7) is 3.70. The first-order chi connectivity index (χ1) is 8.63. The van der Waals surface area contributed by atoms with Crippen molar-refractivity contribution in [3.8, 4) is 0 Å². The zero-order chi connectivity index (χ0) is 13.0. The Bertz CT molecular complexity index is 533. The highest BCUT2D eigenvalue weighted by Gasteiger charge is 2.01. The lowest BCUT2D eigenvalue weighted by atomic mass is 10.3. The second-order valence-corrected chi connectivity index (χ2v) is 3.83. The van der Waals surface area contributed by atoms with Crippen LogP contribution in [0.15, 0.2) is 28.7 Å². The van der Waals surface area contributed by atoms with Crippen molar-refractivity contribution in [1.82, 2.24) is 10.2 Å². The number of aromatic nitrogens is 2. The first-order valence-corrected chi connectivity index (χ1v) is 5.54. The van der Waals surface area contributed by atoms with Crippen LogP contribution < -0.4 is 10.6 Å². The van der Waals surface area contributed by atoms with Crippen molar-refractivity contribution < 1.29 is 9.21 Å². The maximum absolute atomic E-state index is 10.9. The summed E-state index contributed by atoms with van der Waals surface area (Å²) >= 11 is 0. The van der Waals surface area contributed by atoms with Gasteiger partial charge < -0.3 is 15.1 Å². The molecule has 0 unspecified atom stereocenters. The molecule has 2 N–H and O–H groups in total. The molecule has 94 valence electrons. The highest BCUT2D eigenvalue weighted by Crippen LogP contribution is 2.14. The van der Waals surface area contributed by atoms with Crippen LogP contribution in [0.5, 0.6) is 0 Å². The summed E-state index contributed by atoms with van der Waals surface area (Å²) in [7, 11) is 0. The van der Waals surface area contributed by atoms with E-state index in [-0.39, 0.29) is 5.91 Å². The average molecular weight is 246 g/mol. The van der Waals surface area contributed by atoms with Gasteiger partial charge in [-0.05, 0) is 24.3 Å². The Balaban J connectivity index is 1.92. The van der Waals surface area contributed by atoms with Crippen LogP contribution in [0.1, 0.15) is 18.7 Å². The first kappa shape index (κ1) is 12.1. The molecule has 0 aliphatic rings. The summed E-state index contributed by atoms with van der Waals surface area (Å²) in [5.41, 5.74) is 1.68. The summed E-state index contributed by atoms with van der Waals surface area (Å²) in [5.74, 6) is 1.00. The van der Waals surface area contributed by atoms with E-state index >= 15 is 0 Å². The molecule has 6 heteroatoms. The van der Waals surface area contributed by atoms with Gasteiger partial charge in [0.2, 0.25) is 17.7 Å². The van der Waals surface area contributed by atoms with Crippen LogP contribution in [0.3, 0.4) is 0 Å². The minimum absolute atomic E-state index is 0.0861. The van der Waals surface area contributed by atoms with E-state index in [1.54, 1.807) is 6.92 Å². The summed E-state index contributed by atoms with van der Waals surface area (Å²) in [5, 5.41) is 13.5. The maximum Gasteiger partial charge on any atom is 0.235 e. The summed E-state index contributed by atoms with van der Waals surface area (Å²) in [6.07, 6.45) is 0. The van der Waals surface area contributed by atoms with Crippen LogP contribution in [0.4, 0.5) is 11.4 Å². The number of amides is 1. The third kappa shape index (κ3) is 3.31. The van der Waals surface area contributed by atoms with E-state index in [2.05, 4.69) is 20.8 Å².